The second-order valence-corrected chi connectivity index (χ2v) is 3.85. The van der Waals surface area contributed by atoms with Gasteiger partial charge in [0, 0.05) is 10.9 Å². The van der Waals surface area contributed by atoms with E-state index < -0.39 is 11.8 Å². The number of hydrogen-bond donors (Lipinski definition) is 2. The summed E-state index contributed by atoms with van der Waals surface area (Å²) in [4.78, 5) is 14.4. The first-order valence-electron chi connectivity index (χ1n) is 4.98. The highest BCUT2D eigenvalue weighted by Gasteiger charge is 2.19. The molecule has 0 saturated heterocycles. The third kappa shape index (κ3) is 1.93. The van der Waals surface area contributed by atoms with E-state index in [-0.39, 0.29) is 23.0 Å². The van der Waals surface area contributed by atoms with Gasteiger partial charge >= 0.3 is 5.97 Å². The normalized spacial score (nSPS) is 10.8. The number of esters is 1. The van der Waals surface area contributed by atoms with Crippen LogP contribution in [0, 0.1) is 5.82 Å². The molecule has 2 aromatic rings. The third-order valence-corrected chi connectivity index (χ3v) is 2.64. The number of benzene rings is 1. The highest BCUT2D eigenvalue weighted by molar-refractivity contribution is 6.31. The molecule has 0 aliphatic carbocycles. The van der Waals surface area contributed by atoms with E-state index in [1.807, 2.05) is 0 Å². The van der Waals surface area contributed by atoms with Crippen molar-refractivity contribution in [2.24, 2.45) is 0 Å². The zero-order valence-corrected chi connectivity index (χ0v) is 9.77. The van der Waals surface area contributed by atoms with Crippen LogP contribution < -0.4 is 5.73 Å². The molecule has 17 heavy (non-hydrogen) atoms. The Morgan fingerprint density at radius 3 is 2.94 bits per heavy atom. The summed E-state index contributed by atoms with van der Waals surface area (Å²) < 4.78 is 18.2. The van der Waals surface area contributed by atoms with Crippen LogP contribution in [0.5, 0.6) is 0 Å². The molecule has 3 N–H and O–H groups in total. The van der Waals surface area contributed by atoms with Crippen molar-refractivity contribution in [1.29, 1.82) is 0 Å². The third-order valence-electron chi connectivity index (χ3n) is 2.35. The van der Waals surface area contributed by atoms with Gasteiger partial charge in [-0.1, -0.05) is 11.6 Å². The average molecular weight is 257 g/mol. The highest BCUT2D eigenvalue weighted by atomic mass is 35.5. The number of nitrogens with one attached hydrogen (secondary N) is 1. The largest absolute Gasteiger partial charge is 0.462 e. The van der Waals surface area contributed by atoms with Gasteiger partial charge in [0.1, 0.15) is 17.2 Å². The minimum atomic E-state index is -0.608. The zero-order chi connectivity index (χ0) is 12.6. The van der Waals surface area contributed by atoms with Crippen LogP contribution in [0.1, 0.15) is 17.3 Å². The fraction of sp³-hybridized carbons (Fsp3) is 0.182. The second kappa shape index (κ2) is 4.25. The van der Waals surface area contributed by atoms with Crippen LogP contribution in [0.15, 0.2) is 12.1 Å². The minimum absolute atomic E-state index is 0.0332. The van der Waals surface area contributed by atoms with Gasteiger partial charge in [0.05, 0.1) is 11.6 Å². The van der Waals surface area contributed by atoms with E-state index in [4.69, 9.17) is 22.1 Å². The Labute approximate surface area is 102 Å². The summed E-state index contributed by atoms with van der Waals surface area (Å²) in [5, 5.41) is 0.331. The molecule has 6 heteroatoms. The van der Waals surface area contributed by atoms with Gasteiger partial charge in [0.15, 0.2) is 0 Å². The molecule has 0 bridgehead atoms. The molecular formula is C11H10ClFN2O2. The number of carbonyl (C=O) groups excluding carboxylic acids is 1. The van der Waals surface area contributed by atoms with Crippen LogP contribution >= 0.6 is 11.6 Å². The van der Waals surface area contributed by atoms with Crippen molar-refractivity contribution in [3.8, 4) is 0 Å². The fourth-order valence-corrected chi connectivity index (χ4v) is 1.80. The number of nitrogens with two attached hydrogens (primary N) is 1. The number of halogens is 2. The van der Waals surface area contributed by atoms with Gasteiger partial charge < -0.3 is 15.5 Å². The Morgan fingerprint density at radius 2 is 2.29 bits per heavy atom. The summed E-state index contributed by atoms with van der Waals surface area (Å²) in [5.74, 6) is -1.05. The van der Waals surface area contributed by atoms with Crippen molar-refractivity contribution in [3.63, 3.8) is 0 Å². The van der Waals surface area contributed by atoms with Crippen molar-refractivity contribution in [2.75, 3.05) is 12.3 Å². The molecule has 1 aromatic heterocycles. The summed E-state index contributed by atoms with van der Waals surface area (Å²) in [6.07, 6.45) is 0. The summed E-state index contributed by atoms with van der Waals surface area (Å²) in [5.41, 5.74) is 6.30. The number of ether oxygens (including phenoxy) is 1. The number of anilines is 1. The SMILES string of the molecule is CCOC(=O)c1c(N)[nH]c2cc(Cl)c(F)cc12. The Hall–Kier alpha value is -1.75. The summed E-state index contributed by atoms with van der Waals surface area (Å²) in [6.45, 7) is 1.90. The molecule has 0 aliphatic heterocycles. The molecule has 0 saturated carbocycles. The maximum Gasteiger partial charge on any atom is 0.342 e. The Morgan fingerprint density at radius 1 is 1.59 bits per heavy atom. The van der Waals surface area contributed by atoms with E-state index in [0.29, 0.717) is 10.9 Å². The van der Waals surface area contributed by atoms with Crippen LogP contribution in [0.3, 0.4) is 0 Å². The van der Waals surface area contributed by atoms with Gasteiger partial charge in [0.2, 0.25) is 0 Å². The number of rotatable bonds is 2. The van der Waals surface area contributed by atoms with Gasteiger partial charge in [-0.2, -0.15) is 0 Å². The lowest BCUT2D eigenvalue weighted by Gasteiger charge is -2.01. The molecule has 1 heterocycles. The summed E-state index contributed by atoms with van der Waals surface area (Å²) >= 11 is 5.64. The Balaban J connectivity index is 2.66. The number of nitrogen functional groups attached to an aromatic ring is 1. The van der Waals surface area contributed by atoms with Crippen molar-refractivity contribution < 1.29 is 13.9 Å². The molecule has 2 rings (SSSR count). The first-order chi connectivity index (χ1) is 8.04. The maximum absolute atomic E-state index is 13.3. The van der Waals surface area contributed by atoms with Crippen LogP contribution in [0.25, 0.3) is 10.9 Å². The molecule has 0 radical (unpaired) electrons. The highest BCUT2D eigenvalue weighted by Crippen LogP contribution is 2.29. The van der Waals surface area contributed by atoms with Gasteiger partial charge in [-0.3, -0.25) is 0 Å². The van der Waals surface area contributed by atoms with E-state index in [2.05, 4.69) is 4.98 Å². The first-order valence-corrected chi connectivity index (χ1v) is 5.35. The standard InChI is InChI=1S/C11H10ClFN2O2/c1-2-17-11(16)9-5-3-7(13)6(12)4-8(5)15-10(9)14/h3-4,15H,2,14H2,1H3. The average Bonchev–Trinajstić information content (AvgIpc) is 2.55. The van der Waals surface area contributed by atoms with E-state index in [0.717, 1.165) is 6.07 Å². The minimum Gasteiger partial charge on any atom is -0.462 e. The monoisotopic (exact) mass is 256 g/mol. The fourth-order valence-electron chi connectivity index (χ4n) is 1.63. The molecule has 0 unspecified atom stereocenters. The van der Waals surface area contributed by atoms with Crippen molar-refractivity contribution in [1.82, 2.24) is 4.98 Å². The smallest absolute Gasteiger partial charge is 0.342 e. The predicted octanol–water partition coefficient (Wildman–Crippen LogP) is 2.72. The molecule has 0 aliphatic rings. The molecule has 0 amide bonds. The van der Waals surface area contributed by atoms with Gasteiger partial charge in [-0.25, -0.2) is 9.18 Å². The Bertz CT molecular complexity index is 595. The van der Waals surface area contributed by atoms with E-state index in [1.165, 1.54) is 6.07 Å². The predicted molar refractivity (Wildman–Crippen MR) is 63.6 cm³/mol. The number of aromatic amines is 1. The van der Waals surface area contributed by atoms with Crippen LogP contribution in [0.2, 0.25) is 5.02 Å². The van der Waals surface area contributed by atoms with Crippen LogP contribution in [-0.4, -0.2) is 17.6 Å². The van der Waals surface area contributed by atoms with Gasteiger partial charge in [0.25, 0.3) is 0 Å². The second-order valence-electron chi connectivity index (χ2n) is 3.45. The number of carbonyl (C=O) groups is 1. The molecule has 1 aromatic carbocycles. The molecule has 0 atom stereocenters. The van der Waals surface area contributed by atoms with Crippen molar-refractivity contribution in [2.45, 2.75) is 6.92 Å². The number of aromatic nitrogens is 1. The van der Waals surface area contributed by atoms with E-state index in [1.54, 1.807) is 6.92 Å². The molecular weight excluding hydrogens is 247 g/mol. The molecule has 90 valence electrons. The molecule has 0 spiro atoms. The first kappa shape index (κ1) is 11.7. The summed E-state index contributed by atoms with van der Waals surface area (Å²) in [6, 6.07) is 2.54. The molecule has 0 fully saturated rings. The zero-order valence-electron chi connectivity index (χ0n) is 9.01. The van der Waals surface area contributed by atoms with Crippen LogP contribution in [0.4, 0.5) is 10.2 Å². The number of H-pyrrole nitrogens is 1. The van der Waals surface area contributed by atoms with E-state index in [9.17, 15) is 9.18 Å². The van der Waals surface area contributed by atoms with Crippen LogP contribution in [-0.2, 0) is 4.74 Å². The maximum atomic E-state index is 13.3. The lowest BCUT2D eigenvalue weighted by Crippen LogP contribution is -2.06. The number of hydrogen-bond acceptors (Lipinski definition) is 3. The summed E-state index contributed by atoms with van der Waals surface area (Å²) in [7, 11) is 0. The molecule has 4 nitrogen and oxygen atoms in total. The van der Waals surface area contributed by atoms with Gasteiger partial charge in [-0.15, -0.1) is 0 Å². The van der Waals surface area contributed by atoms with Crippen molar-refractivity contribution >= 4 is 34.3 Å². The van der Waals surface area contributed by atoms with Crippen molar-refractivity contribution in [3.05, 3.63) is 28.5 Å². The lowest BCUT2D eigenvalue weighted by molar-refractivity contribution is 0.0530. The lowest BCUT2D eigenvalue weighted by atomic mass is 10.1. The quantitative estimate of drug-likeness (QED) is 0.812. The number of fused-ring (bicyclic) bond motifs is 1. The van der Waals surface area contributed by atoms with E-state index >= 15 is 0 Å². The Kier molecular flexibility index (Phi) is 2.93. The van der Waals surface area contributed by atoms with Gasteiger partial charge in [-0.05, 0) is 19.1 Å². The topological polar surface area (TPSA) is 68.1 Å².